The maximum atomic E-state index is 13.5. The molecule has 2 aliphatic heterocycles. The Morgan fingerprint density at radius 1 is 1.22 bits per heavy atom. The molecule has 2 aliphatic carbocycles. The molecule has 0 radical (unpaired) electrons. The number of hydrogen-bond acceptors (Lipinski definition) is 8. The number of nitrogens with zero attached hydrogens (tertiary/aromatic N) is 1. The Morgan fingerprint density at radius 2 is 2.00 bits per heavy atom. The van der Waals surface area contributed by atoms with Crippen LogP contribution in [0.1, 0.15) is 55.4 Å². The number of esters is 2. The van der Waals surface area contributed by atoms with Gasteiger partial charge in [0.15, 0.2) is 17.6 Å². The van der Waals surface area contributed by atoms with Gasteiger partial charge in [0.25, 0.3) is 0 Å². The van der Waals surface area contributed by atoms with E-state index in [2.05, 4.69) is 4.90 Å². The maximum absolute atomic E-state index is 13.5. The highest BCUT2D eigenvalue weighted by atomic mass is 16.6. The van der Waals surface area contributed by atoms with Crippen LogP contribution in [0.2, 0.25) is 0 Å². The van der Waals surface area contributed by atoms with Gasteiger partial charge < -0.3 is 29.3 Å². The van der Waals surface area contributed by atoms with Crippen LogP contribution in [0, 0.1) is 0 Å². The number of hydrogen-bond donors (Lipinski definition) is 2. The van der Waals surface area contributed by atoms with Gasteiger partial charge in [0.05, 0.1) is 11.0 Å². The molecule has 8 nitrogen and oxygen atoms in total. The van der Waals surface area contributed by atoms with Gasteiger partial charge in [0.1, 0.15) is 5.76 Å². The summed E-state index contributed by atoms with van der Waals surface area (Å²) in [4.78, 5) is 28.1. The normalized spacial score (nSPS) is 30.0. The van der Waals surface area contributed by atoms with Crippen LogP contribution in [0.4, 0.5) is 0 Å². The Bertz CT molecular complexity index is 1290. The van der Waals surface area contributed by atoms with Crippen molar-refractivity contribution >= 4 is 11.9 Å². The van der Waals surface area contributed by atoms with Crippen LogP contribution < -0.4 is 4.74 Å². The second kappa shape index (κ2) is 8.60. The Labute approximate surface area is 215 Å². The number of aromatic hydroxyl groups is 1. The third kappa shape index (κ3) is 3.35. The quantitative estimate of drug-likeness (QED) is 0.577. The van der Waals surface area contributed by atoms with Crippen molar-refractivity contribution in [3.63, 3.8) is 0 Å². The van der Waals surface area contributed by atoms with Gasteiger partial charge in [0.2, 0.25) is 6.10 Å². The van der Waals surface area contributed by atoms with Crippen molar-refractivity contribution < 1.29 is 34.0 Å². The molecule has 1 fully saturated rings. The van der Waals surface area contributed by atoms with Crippen LogP contribution in [0.25, 0.3) is 0 Å². The number of aliphatic hydroxyl groups is 1. The van der Waals surface area contributed by atoms with Crippen LogP contribution in [0.5, 0.6) is 11.5 Å². The van der Waals surface area contributed by atoms with Crippen molar-refractivity contribution in [2.45, 2.75) is 68.3 Å². The van der Waals surface area contributed by atoms with Gasteiger partial charge in [-0.3, -0.25) is 4.79 Å². The molecule has 2 bridgehead atoms. The molecule has 8 heteroatoms. The van der Waals surface area contributed by atoms with Gasteiger partial charge in [-0.2, -0.15) is 0 Å². The second-order valence-electron chi connectivity index (χ2n) is 10.6. The molecule has 1 saturated heterocycles. The van der Waals surface area contributed by atoms with Gasteiger partial charge in [-0.05, 0) is 50.6 Å². The van der Waals surface area contributed by atoms with E-state index in [0.717, 1.165) is 17.7 Å². The standard InChI is InChI=1S/C29H31NO7/c1-3-7-22(32)36-24(17-8-5-4-6-9-17)27(33)35-20-12-13-29(34)21-16-18-10-11-19(31)25-23(18)28(29,26(20)37-25)14-15-30(21)2/h4-6,8-12,21,24,26,31,34H,3,7,13-16H2,1-2H3/t21-,24+,26?,28?,29-/m1/s1. The first-order valence-corrected chi connectivity index (χ1v) is 12.9. The molecule has 2 aromatic rings. The molecule has 0 aromatic heterocycles. The van der Waals surface area contributed by atoms with Crippen LogP contribution in [-0.4, -0.2) is 58.4 Å². The molecule has 37 heavy (non-hydrogen) atoms. The lowest BCUT2D eigenvalue weighted by molar-refractivity contribution is -0.176. The van der Waals surface area contributed by atoms with Crippen LogP contribution >= 0.6 is 0 Å². The molecular formula is C29H31NO7. The second-order valence-corrected chi connectivity index (χ2v) is 10.6. The summed E-state index contributed by atoms with van der Waals surface area (Å²) in [6.07, 6.45) is 1.96. The predicted octanol–water partition coefficient (Wildman–Crippen LogP) is 3.30. The summed E-state index contributed by atoms with van der Waals surface area (Å²) in [7, 11) is 2.01. The molecule has 1 spiro atoms. The smallest absolute Gasteiger partial charge is 0.357 e. The molecule has 2 heterocycles. The summed E-state index contributed by atoms with van der Waals surface area (Å²) >= 11 is 0. The number of carbonyl (C=O) groups excluding carboxylic acids is 2. The number of benzene rings is 2. The molecule has 194 valence electrons. The minimum atomic E-state index is -1.23. The van der Waals surface area contributed by atoms with Crippen LogP contribution in [0.15, 0.2) is 54.3 Å². The van der Waals surface area contributed by atoms with Gasteiger partial charge in [-0.15, -0.1) is 0 Å². The maximum Gasteiger partial charge on any atom is 0.357 e. The van der Waals surface area contributed by atoms with Crippen molar-refractivity contribution in [3.05, 3.63) is 71.0 Å². The number of likely N-dealkylation sites (N-methyl/N-ethyl adjacent to an activating group) is 1. The van der Waals surface area contributed by atoms with Gasteiger partial charge in [-0.1, -0.05) is 43.3 Å². The lowest BCUT2D eigenvalue weighted by Gasteiger charge is -2.61. The van der Waals surface area contributed by atoms with Crippen molar-refractivity contribution in [3.8, 4) is 11.5 Å². The zero-order valence-electron chi connectivity index (χ0n) is 21.0. The van der Waals surface area contributed by atoms with Gasteiger partial charge >= 0.3 is 11.9 Å². The summed E-state index contributed by atoms with van der Waals surface area (Å²) in [6.45, 7) is 2.59. The Balaban J connectivity index is 1.38. The number of rotatable bonds is 6. The van der Waals surface area contributed by atoms with Gasteiger partial charge in [0, 0.05) is 30.0 Å². The van der Waals surface area contributed by atoms with Crippen molar-refractivity contribution in [1.29, 1.82) is 0 Å². The predicted molar refractivity (Wildman–Crippen MR) is 133 cm³/mol. The lowest BCUT2D eigenvalue weighted by atomic mass is 9.50. The van der Waals surface area contributed by atoms with E-state index in [1.54, 1.807) is 36.4 Å². The summed E-state index contributed by atoms with van der Waals surface area (Å²) < 4.78 is 17.9. The molecule has 6 rings (SSSR count). The number of phenolic OH excluding ortho intramolecular Hbond substituents is 1. The first-order valence-electron chi connectivity index (χ1n) is 12.9. The molecule has 5 atom stereocenters. The molecular weight excluding hydrogens is 474 g/mol. The molecule has 0 saturated carbocycles. The van der Waals surface area contributed by atoms with Crippen LogP contribution in [0.3, 0.4) is 0 Å². The van der Waals surface area contributed by atoms with Gasteiger partial charge in [-0.25, -0.2) is 4.79 Å². The van der Waals surface area contributed by atoms with E-state index in [-0.39, 0.29) is 30.4 Å². The molecule has 2 unspecified atom stereocenters. The molecule has 0 amide bonds. The average Bonchev–Trinajstić information content (AvgIpc) is 3.25. The highest BCUT2D eigenvalue weighted by molar-refractivity contribution is 5.82. The zero-order chi connectivity index (χ0) is 25.9. The number of likely N-dealkylation sites (tertiary alicyclic amines) is 1. The topological polar surface area (TPSA) is 106 Å². The number of ether oxygens (including phenoxy) is 3. The molecule has 2 N–H and O–H groups in total. The number of carbonyl (C=O) groups is 2. The minimum Gasteiger partial charge on any atom is -0.504 e. The fraction of sp³-hybridized carbons (Fsp3) is 0.448. The van der Waals surface area contributed by atoms with E-state index in [9.17, 15) is 19.8 Å². The van der Waals surface area contributed by atoms with Crippen molar-refractivity contribution in [2.24, 2.45) is 0 Å². The molecule has 2 aromatic carbocycles. The first kappa shape index (κ1) is 24.0. The van der Waals surface area contributed by atoms with E-state index in [4.69, 9.17) is 14.2 Å². The highest BCUT2D eigenvalue weighted by Gasteiger charge is 2.72. The third-order valence-corrected chi connectivity index (χ3v) is 8.59. The highest BCUT2D eigenvalue weighted by Crippen LogP contribution is 2.65. The Hall–Kier alpha value is -3.36. The van der Waals surface area contributed by atoms with Crippen molar-refractivity contribution in [2.75, 3.05) is 13.6 Å². The first-order chi connectivity index (χ1) is 17.8. The SMILES string of the molecule is CCCC(=O)O[C@H](C(=O)OC1=CC[C@@]2(O)[C@H]3Cc4ccc(O)c5c4C2(CCN3C)C1O5)c1ccccc1. The van der Waals surface area contributed by atoms with E-state index >= 15 is 0 Å². The Kier molecular flexibility index (Phi) is 5.58. The minimum absolute atomic E-state index is 0.00332. The number of phenols is 1. The third-order valence-electron chi connectivity index (χ3n) is 8.59. The monoisotopic (exact) mass is 505 g/mol. The fourth-order valence-electron chi connectivity index (χ4n) is 6.88. The number of piperidine rings is 1. The molecule has 4 aliphatic rings. The summed E-state index contributed by atoms with van der Waals surface area (Å²) in [5.74, 6) is -0.587. The van der Waals surface area contributed by atoms with E-state index in [1.165, 1.54) is 0 Å². The van der Waals surface area contributed by atoms with Crippen LogP contribution in [-0.2, 0) is 30.9 Å². The summed E-state index contributed by atoms with van der Waals surface area (Å²) in [5, 5.41) is 22.9. The summed E-state index contributed by atoms with van der Waals surface area (Å²) in [6, 6.07) is 12.2. The Morgan fingerprint density at radius 3 is 2.76 bits per heavy atom. The zero-order valence-corrected chi connectivity index (χ0v) is 21.0. The average molecular weight is 506 g/mol. The largest absolute Gasteiger partial charge is 0.504 e. The fourth-order valence-corrected chi connectivity index (χ4v) is 6.88. The van der Waals surface area contributed by atoms with Crippen molar-refractivity contribution in [1.82, 2.24) is 4.90 Å². The van der Waals surface area contributed by atoms with E-state index in [0.29, 0.717) is 30.6 Å². The van der Waals surface area contributed by atoms with E-state index < -0.39 is 35.2 Å². The summed E-state index contributed by atoms with van der Waals surface area (Å²) in [5.41, 5.74) is 0.339. The van der Waals surface area contributed by atoms with E-state index in [1.807, 2.05) is 26.1 Å². The lowest BCUT2D eigenvalue weighted by Crippen LogP contribution is -2.74.